The first-order chi connectivity index (χ1) is 10.5. The van der Waals surface area contributed by atoms with Crippen molar-refractivity contribution in [2.24, 2.45) is 40.4 Å². The van der Waals surface area contributed by atoms with Crippen LogP contribution in [0, 0.1) is 40.4 Å². The zero-order valence-corrected chi connectivity index (χ0v) is 15.3. The van der Waals surface area contributed by atoms with Crippen LogP contribution in [0.3, 0.4) is 0 Å². The second-order valence-corrected chi connectivity index (χ2v) is 9.95. The number of thiol groups is 1. The van der Waals surface area contributed by atoms with E-state index >= 15 is 0 Å². The van der Waals surface area contributed by atoms with Crippen LogP contribution in [0.4, 0.5) is 0 Å². The lowest BCUT2D eigenvalue weighted by atomic mass is 9.45. The molecule has 0 saturated heterocycles. The zero-order valence-electron chi connectivity index (χ0n) is 14.4. The van der Waals surface area contributed by atoms with Crippen molar-refractivity contribution in [3.63, 3.8) is 0 Å². The van der Waals surface area contributed by atoms with Crippen LogP contribution >= 0.6 is 12.6 Å². The van der Waals surface area contributed by atoms with Gasteiger partial charge in [-0.3, -0.25) is 0 Å². The van der Waals surface area contributed by atoms with E-state index in [1.165, 1.54) is 44.9 Å². The zero-order chi connectivity index (χ0) is 15.5. The summed E-state index contributed by atoms with van der Waals surface area (Å²) in [4.78, 5) is 0. The molecule has 0 amide bonds. The van der Waals surface area contributed by atoms with Gasteiger partial charge < -0.3 is 5.11 Å². The quantitative estimate of drug-likeness (QED) is 0.655. The number of fused-ring (bicyclic) bond motifs is 5. The second-order valence-electron chi connectivity index (χ2n) is 9.59. The normalized spacial score (nSPS) is 57.8. The third kappa shape index (κ3) is 2.08. The third-order valence-corrected chi connectivity index (χ3v) is 9.50. The van der Waals surface area contributed by atoms with Crippen molar-refractivity contribution in [2.45, 2.75) is 77.7 Å². The molecular weight excluding hydrogens is 288 g/mol. The Labute approximate surface area is 142 Å². The topological polar surface area (TPSA) is 20.2 Å². The fourth-order valence-corrected chi connectivity index (χ4v) is 8.24. The molecule has 0 spiro atoms. The van der Waals surface area contributed by atoms with Crippen molar-refractivity contribution in [3.05, 3.63) is 0 Å². The van der Waals surface area contributed by atoms with Gasteiger partial charge >= 0.3 is 0 Å². The molecule has 3 unspecified atom stereocenters. The molecule has 4 fully saturated rings. The minimum atomic E-state index is -0.0106. The Kier molecular flexibility index (Phi) is 3.89. The smallest absolute Gasteiger partial charge is 0.0543 e. The Balaban J connectivity index is 1.61. The fourth-order valence-electron chi connectivity index (χ4n) is 7.64. The first-order valence-electron chi connectivity index (χ1n) is 9.78. The largest absolute Gasteiger partial charge is 0.393 e. The summed E-state index contributed by atoms with van der Waals surface area (Å²) >= 11 is 4.68. The molecule has 8 atom stereocenters. The average molecular weight is 323 g/mol. The van der Waals surface area contributed by atoms with E-state index in [2.05, 4.69) is 26.5 Å². The molecule has 0 heterocycles. The Morgan fingerprint density at radius 2 is 1.64 bits per heavy atom. The SMILES string of the molecule is C[C@]12CCC(O)CC1CC[C@@H]1[C@H]2CC[C@]2(C)C(CS)CC[C@@H]12. The highest BCUT2D eigenvalue weighted by Gasteiger charge is 2.59. The Morgan fingerprint density at radius 1 is 0.909 bits per heavy atom. The van der Waals surface area contributed by atoms with Crippen LogP contribution in [0.15, 0.2) is 0 Å². The number of rotatable bonds is 1. The minimum Gasteiger partial charge on any atom is -0.393 e. The molecule has 0 aromatic heterocycles. The van der Waals surface area contributed by atoms with E-state index in [4.69, 9.17) is 0 Å². The summed E-state index contributed by atoms with van der Waals surface area (Å²) in [6.07, 6.45) is 12.0. The highest BCUT2D eigenvalue weighted by molar-refractivity contribution is 7.80. The van der Waals surface area contributed by atoms with E-state index in [0.717, 1.165) is 48.2 Å². The summed E-state index contributed by atoms with van der Waals surface area (Å²) < 4.78 is 0. The maximum atomic E-state index is 10.1. The van der Waals surface area contributed by atoms with Gasteiger partial charge in [0.25, 0.3) is 0 Å². The van der Waals surface area contributed by atoms with Gasteiger partial charge in [-0.15, -0.1) is 0 Å². The standard InChI is InChI=1S/C20H34OS/c1-19-9-7-15(21)11-13(19)3-5-16-17-6-4-14(12-22)20(17,2)10-8-18(16)19/h13-18,21-22H,3-12H2,1-2H3/t13?,14?,15?,16-,17-,18+,19-,20+/m0/s1. The molecular formula is C20H34OS. The Hall–Kier alpha value is 0.310. The molecule has 4 aliphatic carbocycles. The Morgan fingerprint density at radius 3 is 2.41 bits per heavy atom. The number of hydrogen-bond acceptors (Lipinski definition) is 2. The molecule has 0 aromatic rings. The van der Waals surface area contributed by atoms with Crippen LogP contribution < -0.4 is 0 Å². The highest BCUT2D eigenvalue weighted by atomic mass is 32.1. The summed E-state index contributed by atoms with van der Waals surface area (Å²) in [6.45, 7) is 5.19. The average Bonchev–Trinajstić information content (AvgIpc) is 2.84. The fraction of sp³-hybridized carbons (Fsp3) is 1.00. The predicted molar refractivity (Wildman–Crippen MR) is 95.1 cm³/mol. The van der Waals surface area contributed by atoms with Crippen molar-refractivity contribution < 1.29 is 5.11 Å². The summed E-state index contributed by atoms with van der Waals surface area (Å²) in [5.41, 5.74) is 1.11. The molecule has 0 aliphatic heterocycles. The summed E-state index contributed by atoms with van der Waals surface area (Å²) in [7, 11) is 0. The molecule has 2 heteroatoms. The monoisotopic (exact) mass is 322 g/mol. The lowest BCUT2D eigenvalue weighted by molar-refractivity contribution is -0.125. The third-order valence-electron chi connectivity index (χ3n) is 9.05. The van der Waals surface area contributed by atoms with Gasteiger partial charge in [0.1, 0.15) is 0 Å². The van der Waals surface area contributed by atoms with Crippen LogP contribution in [0.2, 0.25) is 0 Å². The van der Waals surface area contributed by atoms with Crippen molar-refractivity contribution >= 4 is 12.6 Å². The summed E-state index contributed by atoms with van der Waals surface area (Å²) in [5.74, 6) is 5.63. The van der Waals surface area contributed by atoms with Crippen molar-refractivity contribution in [1.82, 2.24) is 0 Å². The van der Waals surface area contributed by atoms with E-state index in [-0.39, 0.29) is 6.10 Å². The minimum absolute atomic E-state index is 0.0106. The molecule has 1 N–H and O–H groups in total. The van der Waals surface area contributed by atoms with Crippen molar-refractivity contribution in [2.75, 3.05) is 5.75 Å². The molecule has 0 radical (unpaired) electrons. The Bertz CT molecular complexity index is 437. The van der Waals surface area contributed by atoms with Gasteiger partial charge in [0.15, 0.2) is 0 Å². The van der Waals surface area contributed by atoms with Gasteiger partial charge in [-0.1, -0.05) is 13.8 Å². The van der Waals surface area contributed by atoms with E-state index in [1.807, 2.05) is 0 Å². The van der Waals surface area contributed by atoms with Crippen LogP contribution in [-0.2, 0) is 0 Å². The molecule has 4 saturated carbocycles. The second kappa shape index (κ2) is 5.41. The number of aliphatic hydroxyl groups excluding tert-OH is 1. The van der Waals surface area contributed by atoms with E-state index in [0.29, 0.717) is 10.8 Å². The van der Waals surface area contributed by atoms with Gasteiger partial charge in [-0.25, -0.2) is 0 Å². The van der Waals surface area contributed by atoms with Crippen LogP contribution in [-0.4, -0.2) is 17.0 Å². The molecule has 126 valence electrons. The maximum Gasteiger partial charge on any atom is 0.0543 e. The maximum absolute atomic E-state index is 10.1. The predicted octanol–water partition coefficient (Wildman–Crippen LogP) is 4.94. The van der Waals surface area contributed by atoms with Gasteiger partial charge in [0.05, 0.1) is 6.10 Å². The molecule has 22 heavy (non-hydrogen) atoms. The van der Waals surface area contributed by atoms with E-state index in [9.17, 15) is 5.11 Å². The van der Waals surface area contributed by atoms with Crippen molar-refractivity contribution in [3.8, 4) is 0 Å². The van der Waals surface area contributed by atoms with Gasteiger partial charge in [0, 0.05) is 0 Å². The number of hydrogen-bond donors (Lipinski definition) is 2. The summed E-state index contributed by atoms with van der Waals surface area (Å²) in [5, 5.41) is 10.1. The van der Waals surface area contributed by atoms with Crippen LogP contribution in [0.25, 0.3) is 0 Å². The highest BCUT2D eigenvalue weighted by Crippen LogP contribution is 2.67. The molecule has 0 aromatic carbocycles. The molecule has 1 nitrogen and oxygen atoms in total. The molecule has 4 rings (SSSR count). The first kappa shape index (κ1) is 15.8. The van der Waals surface area contributed by atoms with Gasteiger partial charge in [0.2, 0.25) is 0 Å². The van der Waals surface area contributed by atoms with Crippen LogP contribution in [0.1, 0.15) is 71.6 Å². The lowest BCUT2D eigenvalue weighted by Crippen LogP contribution is -2.54. The van der Waals surface area contributed by atoms with Gasteiger partial charge in [-0.2, -0.15) is 12.6 Å². The van der Waals surface area contributed by atoms with Crippen LogP contribution in [0.5, 0.6) is 0 Å². The summed E-state index contributed by atoms with van der Waals surface area (Å²) in [6, 6.07) is 0. The van der Waals surface area contributed by atoms with Gasteiger partial charge in [-0.05, 0) is 104 Å². The van der Waals surface area contributed by atoms with E-state index in [1.54, 1.807) is 0 Å². The lowest BCUT2D eigenvalue weighted by Gasteiger charge is -2.61. The first-order valence-corrected chi connectivity index (χ1v) is 10.4. The number of aliphatic hydroxyl groups is 1. The van der Waals surface area contributed by atoms with E-state index < -0.39 is 0 Å². The molecule has 4 aliphatic rings. The van der Waals surface area contributed by atoms with Crippen molar-refractivity contribution in [1.29, 1.82) is 0 Å². The molecule has 0 bridgehead atoms.